The van der Waals surface area contributed by atoms with Crippen molar-refractivity contribution in [2.45, 2.75) is 38.3 Å². The average Bonchev–Trinajstić information content (AvgIpc) is 3.07. The van der Waals surface area contributed by atoms with Crippen molar-refractivity contribution >= 4 is 10.2 Å². The zero-order chi connectivity index (χ0) is 20.3. The Kier molecular flexibility index (Phi) is 4.28. The molecule has 3 heterocycles. The maximum Gasteiger partial charge on any atom is 0.417 e. The highest BCUT2D eigenvalue weighted by atomic mass is 32.2. The van der Waals surface area contributed by atoms with Crippen molar-refractivity contribution in [3.05, 3.63) is 29.3 Å². The fraction of sp³-hybridized carbons (Fsp3) is 0.562. The number of rotatable bonds is 3. The number of nitrogens with zero attached hydrogens (tertiary/aromatic N) is 4. The Bertz CT molecular complexity index is 1010. The molecule has 2 aromatic rings. The molecule has 2 aliphatic rings. The normalized spacial score (nSPS) is 22.5. The quantitative estimate of drug-likeness (QED) is 0.819. The van der Waals surface area contributed by atoms with Crippen molar-refractivity contribution < 1.29 is 26.1 Å². The molecule has 2 fully saturated rings. The van der Waals surface area contributed by atoms with Gasteiger partial charge >= 0.3 is 6.18 Å². The molecule has 0 radical (unpaired) electrons. The summed E-state index contributed by atoms with van der Waals surface area (Å²) in [6, 6.07) is 0.951. The predicted octanol–water partition coefficient (Wildman–Crippen LogP) is 2.23. The Labute approximate surface area is 159 Å². The second-order valence-electron chi connectivity index (χ2n) is 7.38. The molecule has 4 rings (SSSR count). The molecule has 8 nitrogen and oxygen atoms in total. The Hall–Kier alpha value is -2.05. The fourth-order valence-corrected chi connectivity index (χ4v) is 4.53. The summed E-state index contributed by atoms with van der Waals surface area (Å²) in [4.78, 5) is 8.09. The predicted molar refractivity (Wildman–Crippen MR) is 91.0 cm³/mol. The zero-order valence-electron chi connectivity index (χ0n) is 14.9. The Morgan fingerprint density at radius 3 is 2.61 bits per heavy atom. The number of hydrogen-bond acceptors (Lipinski definition) is 6. The molecular formula is C16H18F3N5O3S. The molecule has 1 saturated carbocycles. The summed E-state index contributed by atoms with van der Waals surface area (Å²) in [7, 11) is -3.70. The number of pyridine rings is 1. The number of halogens is 3. The topological polar surface area (TPSA) is 115 Å². The van der Waals surface area contributed by atoms with E-state index >= 15 is 0 Å². The molecular weight excluding hydrogens is 399 g/mol. The molecule has 0 aromatic carbocycles. The van der Waals surface area contributed by atoms with Crippen molar-refractivity contribution in [2.24, 2.45) is 10.6 Å². The van der Waals surface area contributed by atoms with Crippen molar-refractivity contribution in [2.75, 3.05) is 13.1 Å². The first kappa shape index (κ1) is 19.3. The van der Waals surface area contributed by atoms with E-state index < -0.39 is 21.9 Å². The van der Waals surface area contributed by atoms with Crippen LogP contribution in [0.1, 0.15) is 42.3 Å². The van der Waals surface area contributed by atoms with Crippen molar-refractivity contribution in [3.8, 4) is 11.5 Å². The van der Waals surface area contributed by atoms with Gasteiger partial charge in [0.25, 0.3) is 16.1 Å². The fourth-order valence-electron chi connectivity index (χ4n) is 3.84. The molecule has 1 aliphatic heterocycles. The van der Waals surface area contributed by atoms with Gasteiger partial charge in [0.2, 0.25) is 0 Å². The van der Waals surface area contributed by atoms with Crippen LogP contribution in [0.3, 0.4) is 0 Å². The lowest BCUT2D eigenvalue weighted by molar-refractivity contribution is -0.137. The van der Waals surface area contributed by atoms with Crippen LogP contribution in [0.15, 0.2) is 16.8 Å². The molecule has 0 unspecified atom stereocenters. The molecule has 152 valence electrons. The van der Waals surface area contributed by atoms with Gasteiger partial charge in [-0.15, -0.1) is 0 Å². The highest BCUT2D eigenvalue weighted by Gasteiger charge is 2.58. The zero-order valence-corrected chi connectivity index (χ0v) is 15.7. The van der Waals surface area contributed by atoms with Crippen molar-refractivity contribution in [1.82, 2.24) is 19.4 Å². The molecule has 0 bridgehead atoms. The van der Waals surface area contributed by atoms with Crippen LogP contribution < -0.4 is 5.14 Å². The third-order valence-electron chi connectivity index (χ3n) is 5.67. The number of alkyl halides is 3. The number of hydrogen-bond donors (Lipinski definition) is 1. The van der Waals surface area contributed by atoms with Crippen LogP contribution in [0.2, 0.25) is 0 Å². The van der Waals surface area contributed by atoms with E-state index in [4.69, 9.17) is 9.66 Å². The minimum absolute atomic E-state index is 0.00452. The highest BCUT2D eigenvalue weighted by molar-refractivity contribution is 7.86. The maximum absolute atomic E-state index is 13.0. The monoisotopic (exact) mass is 417 g/mol. The molecule has 2 N–H and O–H groups in total. The lowest BCUT2D eigenvalue weighted by Crippen LogP contribution is -2.43. The van der Waals surface area contributed by atoms with E-state index in [1.165, 1.54) is 4.31 Å². The van der Waals surface area contributed by atoms with E-state index in [1.807, 2.05) is 0 Å². The summed E-state index contributed by atoms with van der Waals surface area (Å²) in [6.45, 7) is 2.23. The van der Waals surface area contributed by atoms with Gasteiger partial charge in [-0.25, -0.2) is 5.14 Å². The van der Waals surface area contributed by atoms with Gasteiger partial charge in [0.1, 0.15) is 0 Å². The smallest absolute Gasteiger partial charge is 0.334 e. The minimum atomic E-state index is -4.52. The van der Waals surface area contributed by atoms with Crippen LogP contribution in [0, 0.1) is 12.3 Å². The lowest BCUT2D eigenvalue weighted by atomic mass is 9.92. The standard InChI is InChI=1S/C16H18F3N5O3S/c1-9-11(6-10(8-21-9)16(17,18)19)14-22-13(23-27-14)12-7-15(12)2-4-24(5-3-15)28(20,25)26/h6,8,12H,2-5,7H2,1H3,(H2,20,25,26)/t12-/m0/s1. The van der Waals surface area contributed by atoms with Crippen LogP contribution in [0.4, 0.5) is 13.2 Å². The van der Waals surface area contributed by atoms with Crippen LogP contribution in [0.5, 0.6) is 0 Å². The van der Waals surface area contributed by atoms with E-state index in [9.17, 15) is 21.6 Å². The van der Waals surface area contributed by atoms with E-state index in [0.29, 0.717) is 37.4 Å². The van der Waals surface area contributed by atoms with Crippen LogP contribution in [-0.2, 0) is 16.4 Å². The molecule has 28 heavy (non-hydrogen) atoms. The van der Waals surface area contributed by atoms with Gasteiger partial charge in [0.15, 0.2) is 5.82 Å². The summed E-state index contributed by atoms with van der Waals surface area (Å²) >= 11 is 0. The number of aryl methyl sites for hydroxylation is 1. The van der Waals surface area contributed by atoms with Crippen LogP contribution in [0.25, 0.3) is 11.5 Å². The molecule has 0 amide bonds. The lowest BCUT2D eigenvalue weighted by Gasteiger charge is -2.30. The van der Waals surface area contributed by atoms with Gasteiger partial charge in [0.05, 0.1) is 16.8 Å². The van der Waals surface area contributed by atoms with E-state index in [2.05, 4.69) is 15.1 Å². The summed E-state index contributed by atoms with van der Waals surface area (Å²) in [5, 5.41) is 9.12. The number of nitrogens with two attached hydrogens (primary N) is 1. The second-order valence-corrected chi connectivity index (χ2v) is 8.92. The van der Waals surface area contributed by atoms with Gasteiger partial charge in [-0.1, -0.05) is 5.16 Å². The van der Waals surface area contributed by atoms with Crippen LogP contribution in [-0.4, -0.2) is 40.9 Å². The van der Waals surface area contributed by atoms with Gasteiger partial charge in [-0.05, 0) is 37.7 Å². The van der Waals surface area contributed by atoms with Gasteiger partial charge in [-0.2, -0.15) is 30.9 Å². The Morgan fingerprint density at radius 2 is 2.00 bits per heavy atom. The third-order valence-corrected chi connectivity index (χ3v) is 6.75. The molecule has 12 heteroatoms. The maximum atomic E-state index is 13.0. The minimum Gasteiger partial charge on any atom is -0.334 e. The van der Waals surface area contributed by atoms with Crippen LogP contribution >= 0.6 is 0 Å². The van der Waals surface area contributed by atoms with Gasteiger partial charge < -0.3 is 4.52 Å². The van der Waals surface area contributed by atoms with Crippen molar-refractivity contribution in [3.63, 3.8) is 0 Å². The Morgan fingerprint density at radius 1 is 1.32 bits per heavy atom. The highest BCUT2D eigenvalue weighted by Crippen LogP contribution is 2.64. The van der Waals surface area contributed by atoms with Gasteiger partial charge in [0, 0.05) is 25.2 Å². The number of piperidine rings is 1. The first-order valence-electron chi connectivity index (χ1n) is 8.65. The number of aromatic nitrogens is 3. The van der Waals surface area contributed by atoms with E-state index in [1.54, 1.807) is 6.92 Å². The molecule has 1 spiro atoms. The Balaban J connectivity index is 1.53. The summed E-state index contributed by atoms with van der Waals surface area (Å²) < 4.78 is 68.2. The second kappa shape index (κ2) is 6.22. The summed E-state index contributed by atoms with van der Waals surface area (Å²) in [5.41, 5.74) is -0.489. The average molecular weight is 417 g/mol. The summed E-state index contributed by atoms with van der Waals surface area (Å²) in [6.07, 6.45) is -1.71. The molecule has 1 atom stereocenters. The molecule has 1 aliphatic carbocycles. The SMILES string of the molecule is Cc1ncc(C(F)(F)F)cc1-c1nc([C@@H]2CC23CCN(S(N)(=O)=O)CC3)no1. The summed E-state index contributed by atoms with van der Waals surface area (Å²) in [5.74, 6) is 0.415. The first-order valence-corrected chi connectivity index (χ1v) is 10.2. The first-order chi connectivity index (χ1) is 13.0. The largest absolute Gasteiger partial charge is 0.417 e. The van der Waals surface area contributed by atoms with E-state index in [-0.39, 0.29) is 22.8 Å². The molecule has 2 aromatic heterocycles. The molecule has 1 saturated heterocycles. The van der Waals surface area contributed by atoms with E-state index in [0.717, 1.165) is 18.7 Å². The van der Waals surface area contributed by atoms with Crippen molar-refractivity contribution in [1.29, 1.82) is 0 Å². The third kappa shape index (κ3) is 3.40. The van der Waals surface area contributed by atoms with Gasteiger partial charge in [-0.3, -0.25) is 4.98 Å².